The van der Waals surface area contributed by atoms with E-state index in [-0.39, 0.29) is 23.7 Å². The third kappa shape index (κ3) is 3.74. The number of carbonyl (C=O) groups is 2. The van der Waals surface area contributed by atoms with Gasteiger partial charge in [0.2, 0.25) is 5.78 Å². The first kappa shape index (κ1) is 19.2. The minimum atomic E-state index is -0.692. The van der Waals surface area contributed by atoms with Crippen molar-refractivity contribution in [2.75, 3.05) is 13.7 Å². The lowest BCUT2D eigenvalue weighted by molar-refractivity contribution is -0.385. The molecule has 1 aromatic heterocycles. The number of esters is 1. The van der Waals surface area contributed by atoms with Crippen LogP contribution in [0.5, 0.6) is 5.75 Å². The second-order valence-electron chi connectivity index (χ2n) is 5.67. The van der Waals surface area contributed by atoms with Gasteiger partial charge in [0.05, 0.1) is 17.6 Å². The molecule has 0 unspecified atom stereocenters. The molecule has 1 heterocycles. The number of Topliss-reactive ketones (excluding diaryl/α,β-unsaturated/α-hetero) is 1. The Bertz CT molecular complexity index is 869. The number of carbonyl (C=O) groups excluding carboxylic acids is 2. The van der Waals surface area contributed by atoms with Crippen LogP contribution in [-0.2, 0) is 11.3 Å². The third-order valence-corrected chi connectivity index (χ3v) is 4.13. The molecule has 0 spiro atoms. The maximum atomic E-state index is 12.4. The van der Waals surface area contributed by atoms with Crippen molar-refractivity contribution in [3.63, 3.8) is 0 Å². The maximum Gasteiger partial charge on any atom is 0.338 e. The van der Waals surface area contributed by atoms with Crippen molar-refractivity contribution in [3.05, 3.63) is 56.9 Å². The lowest BCUT2D eigenvalue weighted by Crippen LogP contribution is -2.14. The van der Waals surface area contributed by atoms with Crippen molar-refractivity contribution in [3.8, 4) is 5.75 Å². The van der Waals surface area contributed by atoms with E-state index >= 15 is 0 Å². The Balaban J connectivity index is 2.22. The van der Waals surface area contributed by atoms with E-state index in [1.54, 1.807) is 6.07 Å². The Morgan fingerprint density at radius 2 is 1.92 bits per heavy atom. The average Bonchev–Trinajstić information content (AvgIpc) is 2.92. The van der Waals surface area contributed by atoms with Gasteiger partial charge < -0.3 is 14.0 Å². The van der Waals surface area contributed by atoms with Crippen molar-refractivity contribution in [1.29, 1.82) is 0 Å². The lowest BCUT2D eigenvalue weighted by atomic mass is 10.1. The van der Waals surface area contributed by atoms with Crippen LogP contribution in [0.25, 0.3) is 0 Å². The van der Waals surface area contributed by atoms with Gasteiger partial charge in [-0.15, -0.1) is 0 Å². The van der Waals surface area contributed by atoms with E-state index in [1.807, 2.05) is 25.3 Å². The van der Waals surface area contributed by atoms with Gasteiger partial charge >= 0.3 is 11.7 Å². The number of rotatable bonds is 7. The molecule has 0 bridgehead atoms. The Labute approximate surface area is 150 Å². The van der Waals surface area contributed by atoms with Crippen LogP contribution < -0.4 is 4.74 Å². The van der Waals surface area contributed by atoms with Gasteiger partial charge in [-0.05, 0) is 39.0 Å². The van der Waals surface area contributed by atoms with Gasteiger partial charge in [0.25, 0.3) is 0 Å². The standard InChI is InChI=1S/C18H20N2O6/c1-5-19-11(2)8-14(12(19)3)16(21)10-26-17-7-6-13(18(22)25-4)9-15(17)20(23)24/h6-9H,5,10H2,1-4H3. The number of benzene rings is 1. The first-order valence-electron chi connectivity index (χ1n) is 7.99. The van der Waals surface area contributed by atoms with Crippen LogP contribution in [0.1, 0.15) is 39.0 Å². The Kier molecular flexibility index (Phi) is 5.76. The molecule has 0 atom stereocenters. The molecule has 138 valence electrons. The SMILES string of the molecule is CCn1c(C)cc(C(=O)COc2ccc(C(=O)OC)cc2[N+](=O)[O-])c1C. The van der Waals surface area contributed by atoms with Gasteiger partial charge in [0.1, 0.15) is 0 Å². The zero-order valence-corrected chi connectivity index (χ0v) is 15.1. The number of hydrogen-bond acceptors (Lipinski definition) is 6. The van der Waals surface area contributed by atoms with E-state index in [1.165, 1.54) is 19.2 Å². The molecular weight excluding hydrogens is 340 g/mol. The van der Waals surface area contributed by atoms with Gasteiger partial charge in [-0.2, -0.15) is 0 Å². The molecule has 0 saturated heterocycles. The molecule has 0 amide bonds. The molecule has 0 aliphatic carbocycles. The van der Waals surface area contributed by atoms with E-state index in [4.69, 9.17) is 4.74 Å². The average molecular weight is 360 g/mol. The summed E-state index contributed by atoms with van der Waals surface area (Å²) >= 11 is 0. The molecule has 0 aliphatic rings. The predicted octanol–water partition coefficient (Wildman–Crippen LogP) is 3.08. The highest BCUT2D eigenvalue weighted by atomic mass is 16.6. The summed E-state index contributed by atoms with van der Waals surface area (Å²) < 4.78 is 11.9. The fraction of sp³-hybridized carbons (Fsp3) is 0.333. The maximum absolute atomic E-state index is 12.4. The zero-order valence-electron chi connectivity index (χ0n) is 15.1. The number of aryl methyl sites for hydroxylation is 1. The molecule has 0 aliphatic heterocycles. The summed E-state index contributed by atoms with van der Waals surface area (Å²) in [5.41, 5.74) is 1.94. The Hall–Kier alpha value is -3.16. The van der Waals surface area contributed by atoms with Crippen LogP contribution in [0, 0.1) is 24.0 Å². The molecule has 0 radical (unpaired) electrons. The number of aromatic nitrogens is 1. The summed E-state index contributed by atoms with van der Waals surface area (Å²) in [5.74, 6) is -1.05. The zero-order chi connectivity index (χ0) is 19.4. The summed E-state index contributed by atoms with van der Waals surface area (Å²) in [6.07, 6.45) is 0. The molecular formula is C18H20N2O6. The number of hydrogen-bond donors (Lipinski definition) is 0. The quantitative estimate of drug-likeness (QED) is 0.325. The smallest absolute Gasteiger partial charge is 0.338 e. The van der Waals surface area contributed by atoms with E-state index in [2.05, 4.69) is 4.74 Å². The molecule has 8 heteroatoms. The van der Waals surface area contributed by atoms with E-state index in [0.29, 0.717) is 5.56 Å². The Morgan fingerprint density at radius 1 is 1.23 bits per heavy atom. The van der Waals surface area contributed by atoms with E-state index in [9.17, 15) is 19.7 Å². The first-order chi connectivity index (χ1) is 12.3. The van der Waals surface area contributed by atoms with E-state index < -0.39 is 16.6 Å². The number of nitro groups is 1. The molecule has 1 aromatic carbocycles. The highest BCUT2D eigenvalue weighted by Gasteiger charge is 2.21. The topological polar surface area (TPSA) is 101 Å². The van der Waals surface area contributed by atoms with E-state index in [0.717, 1.165) is 24.0 Å². The summed E-state index contributed by atoms with van der Waals surface area (Å²) in [4.78, 5) is 34.5. The molecule has 0 fully saturated rings. The number of nitro benzene ring substituents is 1. The second kappa shape index (κ2) is 7.81. The van der Waals surface area contributed by atoms with Crippen LogP contribution in [0.2, 0.25) is 0 Å². The monoisotopic (exact) mass is 360 g/mol. The second-order valence-corrected chi connectivity index (χ2v) is 5.67. The van der Waals surface area contributed by atoms with Crippen molar-refractivity contribution in [2.24, 2.45) is 0 Å². The Morgan fingerprint density at radius 3 is 2.46 bits per heavy atom. The normalized spacial score (nSPS) is 10.5. The van der Waals surface area contributed by atoms with Crippen molar-refractivity contribution in [2.45, 2.75) is 27.3 Å². The molecule has 8 nitrogen and oxygen atoms in total. The van der Waals surface area contributed by atoms with Gasteiger partial charge in [0.15, 0.2) is 12.4 Å². The minimum absolute atomic E-state index is 0.0318. The molecule has 2 aromatic rings. The highest BCUT2D eigenvalue weighted by Crippen LogP contribution is 2.28. The summed E-state index contributed by atoms with van der Waals surface area (Å²) in [7, 11) is 1.18. The van der Waals surface area contributed by atoms with Gasteiger partial charge in [-0.3, -0.25) is 14.9 Å². The highest BCUT2D eigenvalue weighted by molar-refractivity contribution is 5.98. The van der Waals surface area contributed by atoms with Crippen LogP contribution in [-0.4, -0.2) is 35.0 Å². The van der Waals surface area contributed by atoms with Gasteiger partial charge in [0, 0.05) is 29.6 Å². The summed E-state index contributed by atoms with van der Waals surface area (Å²) in [6, 6.07) is 5.47. The number of ketones is 1. The van der Waals surface area contributed by atoms with Gasteiger partial charge in [-0.25, -0.2) is 4.79 Å². The molecule has 26 heavy (non-hydrogen) atoms. The minimum Gasteiger partial charge on any atom is -0.478 e. The fourth-order valence-electron chi connectivity index (χ4n) is 2.82. The van der Waals surface area contributed by atoms with Gasteiger partial charge in [-0.1, -0.05) is 0 Å². The largest absolute Gasteiger partial charge is 0.478 e. The fourth-order valence-corrected chi connectivity index (χ4v) is 2.82. The summed E-state index contributed by atoms with van der Waals surface area (Å²) in [6.45, 7) is 6.14. The summed E-state index contributed by atoms with van der Waals surface area (Å²) in [5, 5.41) is 11.2. The van der Waals surface area contributed by atoms with Crippen LogP contribution in [0.4, 0.5) is 5.69 Å². The van der Waals surface area contributed by atoms with Crippen molar-refractivity contribution in [1.82, 2.24) is 4.57 Å². The number of ether oxygens (including phenoxy) is 2. The van der Waals surface area contributed by atoms with Crippen molar-refractivity contribution >= 4 is 17.4 Å². The lowest BCUT2D eigenvalue weighted by Gasteiger charge is -2.08. The van der Waals surface area contributed by atoms with Crippen LogP contribution in [0.15, 0.2) is 24.3 Å². The third-order valence-electron chi connectivity index (χ3n) is 4.13. The van der Waals surface area contributed by atoms with Crippen LogP contribution in [0.3, 0.4) is 0 Å². The number of methoxy groups -OCH3 is 1. The number of nitrogens with zero attached hydrogens (tertiary/aromatic N) is 2. The molecule has 0 N–H and O–H groups in total. The predicted molar refractivity (Wildman–Crippen MR) is 93.8 cm³/mol. The van der Waals surface area contributed by atoms with Crippen molar-refractivity contribution < 1.29 is 24.0 Å². The molecule has 2 rings (SSSR count). The molecule has 0 saturated carbocycles. The first-order valence-corrected chi connectivity index (χ1v) is 7.99. The van der Waals surface area contributed by atoms with Crippen LogP contribution >= 0.6 is 0 Å².